The molecule has 0 unspecified atom stereocenters. The van der Waals surface area contributed by atoms with Gasteiger partial charge in [-0.15, -0.1) is 16.8 Å². The van der Waals surface area contributed by atoms with Crippen LogP contribution in [0.4, 0.5) is 0 Å². The van der Waals surface area contributed by atoms with Crippen LogP contribution in [-0.4, -0.2) is 27.1 Å². The first kappa shape index (κ1) is 15.1. The average Bonchev–Trinajstić information content (AvgIpc) is 2.90. The highest BCUT2D eigenvalue weighted by Crippen LogP contribution is 2.31. The molecule has 2 aromatic rings. The summed E-state index contributed by atoms with van der Waals surface area (Å²) in [4.78, 5) is 0. The molecule has 1 heterocycles. The van der Waals surface area contributed by atoms with Gasteiger partial charge in [0.2, 0.25) is 0 Å². The first-order chi connectivity index (χ1) is 10.2. The van der Waals surface area contributed by atoms with Gasteiger partial charge in [-0.25, -0.2) is 0 Å². The number of thioether (sulfide) groups is 1. The number of hydrogen-bond acceptors (Lipinski definition) is 5. The van der Waals surface area contributed by atoms with Gasteiger partial charge < -0.3 is 4.74 Å². The minimum atomic E-state index is -0.191. The highest BCUT2D eigenvalue weighted by atomic mass is 32.2. The first-order valence-corrected chi connectivity index (χ1v) is 7.33. The molecule has 6 heteroatoms. The zero-order valence-electron chi connectivity index (χ0n) is 12.0. The van der Waals surface area contributed by atoms with Crippen LogP contribution >= 0.6 is 11.8 Å². The standard InChI is InChI=1S/C15H16N4OS/c1-4-9-19-14(12-7-5-6-8-13(12)20-3)17-18-15(19)21-11(2)10-16/h4-8,11H,1,9H2,2-3H3/t11-/m1/s1. The van der Waals surface area contributed by atoms with Crippen molar-refractivity contribution in [3.63, 3.8) is 0 Å². The second-order valence-electron chi connectivity index (χ2n) is 4.29. The van der Waals surface area contributed by atoms with Crippen LogP contribution in [0.1, 0.15) is 6.92 Å². The topological polar surface area (TPSA) is 63.7 Å². The normalized spacial score (nSPS) is 11.7. The maximum atomic E-state index is 8.95. The number of para-hydroxylation sites is 1. The van der Waals surface area contributed by atoms with Crippen LogP contribution < -0.4 is 4.74 Å². The van der Waals surface area contributed by atoms with E-state index in [0.717, 1.165) is 11.3 Å². The van der Waals surface area contributed by atoms with Crippen molar-refractivity contribution < 1.29 is 4.74 Å². The first-order valence-electron chi connectivity index (χ1n) is 6.45. The zero-order valence-corrected chi connectivity index (χ0v) is 12.8. The van der Waals surface area contributed by atoms with Gasteiger partial charge in [0, 0.05) is 6.54 Å². The van der Waals surface area contributed by atoms with E-state index in [0.29, 0.717) is 17.5 Å². The summed E-state index contributed by atoms with van der Waals surface area (Å²) in [5.74, 6) is 1.44. The Bertz CT molecular complexity index is 675. The molecule has 1 aromatic heterocycles. The third-order valence-electron chi connectivity index (χ3n) is 2.84. The van der Waals surface area contributed by atoms with Gasteiger partial charge in [-0.3, -0.25) is 4.57 Å². The van der Waals surface area contributed by atoms with Crippen LogP contribution in [0.5, 0.6) is 5.75 Å². The Morgan fingerprint density at radius 2 is 2.24 bits per heavy atom. The van der Waals surface area contributed by atoms with E-state index >= 15 is 0 Å². The number of allylic oxidation sites excluding steroid dienone is 1. The van der Waals surface area contributed by atoms with Gasteiger partial charge in [0.15, 0.2) is 11.0 Å². The lowest BCUT2D eigenvalue weighted by molar-refractivity contribution is 0.416. The minimum absolute atomic E-state index is 0.191. The molecule has 108 valence electrons. The third-order valence-corrected chi connectivity index (χ3v) is 3.81. The Hall–Kier alpha value is -2.26. The number of hydrogen-bond donors (Lipinski definition) is 0. The Balaban J connectivity index is 2.49. The summed E-state index contributed by atoms with van der Waals surface area (Å²) >= 11 is 1.38. The monoisotopic (exact) mass is 300 g/mol. The summed E-state index contributed by atoms with van der Waals surface area (Å²) < 4.78 is 7.31. The van der Waals surface area contributed by atoms with Gasteiger partial charge in [0.05, 0.1) is 24.0 Å². The smallest absolute Gasteiger partial charge is 0.193 e. The summed E-state index contributed by atoms with van der Waals surface area (Å²) in [5.41, 5.74) is 0.866. The Kier molecular flexibility index (Phi) is 5.01. The van der Waals surface area contributed by atoms with E-state index in [2.05, 4.69) is 22.8 Å². The molecule has 0 saturated heterocycles. The lowest BCUT2D eigenvalue weighted by Gasteiger charge is -2.10. The summed E-state index contributed by atoms with van der Waals surface area (Å²) in [6.45, 7) is 6.18. The maximum absolute atomic E-state index is 8.95. The summed E-state index contributed by atoms with van der Waals surface area (Å²) in [6.07, 6.45) is 1.78. The highest BCUT2D eigenvalue weighted by molar-refractivity contribution is 8.00. The van der Waals surface area contributed by atoms with Crippen molar-refractivity contribution in [2.45, 2.75) is 23.9 Å². The van der Waals surface area contributed by atoms with Crippen molar-refractivity contribution in [2.24, 2.45) is 0 Å². The molecule has 21 heavy (non-hydrogen) atoms. The van der Waals surface area contributed by atoms with Crippen molar-refractivity contribution in [3.8, 4) is 23.2 Å². The number of ether oxygens (including phenoxy) is 1. The van der Waals surface area contributed by atoms with Crippen LogP contribution in [0.3, 0.4) is 0 Å². The second-order valence-corrected chi connectivity index (χ2v) is 5.60. The Morgan fingerprint density at radius 3 is 2.90 bits per heavy atom. The van der Waals surface area contributed by atoms with Crippen LogP contribution in [0, 0.1) is 11.3 Å². The molecule has 0 radical (unpaired) electrons. The fraction of sp³-hybridized carbons (Fsp3) is 0.267. The van der Waals surface area contributed by atoms with E-state index in [9.17, 15) is 0 Å². The van der Waals surface area contributed by atoms with Gasteiger partial charge in [0.1, 0.15) is 5.75 Å². The molecule has 0 amide bonds. The number of aromatic nitrogens is 3. The minimum Gasteiger partial charge on any atom is -0.496 e. The van der Waals surface area contributed by atoms with Crippen molar-refractivity contribution in [1.29, 1.82) is 5.26 Å². The molecule has 0 bridgehead atoms. The second kappa shape index (κ2) is 6.95. The Labute approximate surface area is 128 Å². The van der Waals surface area contributed by atoms with E-state index in [4.69, 9.17) is 10.00 Å². The molecule has 1 atom stereocenters. The average molecular weight is 300 g/mol. The predicted molar refractivity (Wildman–Crippen MR) is 83.1 cm³/mol. The quantitative estimate of drug-likeness (QED) is 0.605. The maximum Gasteiger partial charge on any atom is 0.193 e. The van der Waals surface area contributed by atoms with Gasteiger partial charge in [-0.2, -0.15) is 5.26 Å². The van der Waals surface area contributed by atoms with E-state index in [-0.39, 0.29) is 5.25 Å². The molecule has 0 N–H and O–H groups in total. The lowest BCUT2D eigenvalue weighted by Crippen LogP contribution is -2.03. The molecule has 2 rings (SSSR count). The van der Waals surface area contributed by atoms with Crippen molar-refractivity contribution in [3.05, 3.63) is 36.9 Å². The number of rotatable bonds is 6. The highest BCUT2D eigenvalue weighted by Gasteiger charge is 2.18. The van der Waals surface area contributed by atoms with Crippen molar-refractivity contribution in [1.82, 2.24) is 14.8 Å². The largest absolute Gasteiger partial charge is 0.496 e. The zero-order chi connectivity index (χ0) is 15.2. The SMILES string of the molecule is C=CCn1c(S[C@H](C)C#N)nnc1-c1ccccc1OC. The predicted octanol–water partition coefficient (Wildman–Crippen LogP) is 3.14. The van der Waals surface area contributed by atoms with Gasteiger partial charge >= 0.3 is 0 Å². The van der Waals surface area contributed by atoms with E-state index in [1.165, 1.54) is 11.8 Å². The lowest BCUT2D eigenvalue weighted by atomic mass is 10.2. The number of nitriles is 1. The molecular formula is C15H16N4OS. The molecule has 1 aromatic carbocycles. The van der Waals surface area contributed by atoms with Crippen LogP contribution in [0.15, 0.2) is 42.1 Å². The molecule has 0 aliphatic carbocycles. The van der Waals surface area contributed by atoms with Gasteiger partial charge in [0.25, 0.3) is 0 Å². The summed E-state index contributed by atoms with van der Waals surface area (Å²) in [6, 6.07) is 9.84. The van der Waals surface area contributed by atoms with E-state index in [1.54, 1.807) is 13.2 Å². The molecule has 0 spiro atoms. The van der Waals surface area contributed by atoms with Gasteiger partial charge in [-0.1, -0.05) is 30.0 Å². The van der Waals surface area contributed by atoms with Crippen molar-refractivity contribution >= 4 is 11.8 Å². The number of nitrogens with zero attached hydrogens (tertiary/aromatic N) is 4. The molecule has 0 fully saturated rings. The van der Waals surface area contributed by atoms with Gasteiger partial charge in [-0.05, 0) is 19.1 Å². The van der Waals surface area contributed by atoms with Crippen molar-refractivity contribution in [2.75, 3.05) is 7.11 Å². The fourth-order valence-electron chi connectivity index (χ4n) is 1.88. The third kappa shape index (κ3) is 3.26. The van der Waals surface area contributed by atoms with Crippen LogP contribution in [-0.2, 0) is 6.54 Å². The Morgan fingerprint density at radius 1 is 1.48 bits per heavy atom. The summed E-state index contributed by atoms with van der Waals surface area (Å²) in [5, 5.41) is 17.9. The molecule has 0 saturated carbocycles. The molecular weight excluding hydrogens is 284 g/mol. The molecule has 5 nitrogen and oxygen atoms in total. The summed E-state index contributed by atoms with van der Waals surface area (Å²) in [7, 11) is 1.63. The fourth-order valence-corrected chi connectivity index (χ4v) is 2.63. The number of methoxy groups -OCH3 is 1. The van der Waals surface area contributed by atoms with Crippen LogP contribution in [0.25, 0.3) is 11.4 Å². The molecule has 0 aliphatic heterocycles. The van der Waals surface area contributed by atoms with E-state index in [1.807, 2.05) is 35.8 Å². The number of benzene rings is 1. The van der Waals surface area contributed by atoms with E-state index < -0.39 is 0 Å². The van der Waals surface area contributed by atoms with Crippen LogP contribution in [0.2, 0.25) is 0 Å². The molecule has 0 aliphatic rings.